The lowest BCUT2D eigenvalue weighted by atomic mass is 9.98. The van der Waals surface area contributed by atoms with Crippen molar-refractivity contribution in [1.82, 2.24) is 10.2 Å². The minimum Gasteiger partial charge on any atom is -0.371 e. The Morgan fingerprint density at radius 1 is 1.30 bits per heavy atom. The fourth-order valence-electron chi connectivity index (χ4n) is 3.29. The first-order valence-electron chi connectivity index (χ1n) is 7.82. The van der Waals surface area contributed by atoms with E-state index >= 15 is 0 Å². The summed E-state index contributed by atoms with van der Waals surface area (Å²) in [7, 11) is 0. The zero-order valence-electron chi connectivity index (χ0n) is 12.9. The highest BCUT2D eigenvalue weighted by molar-refractivity contribution is 6.35. The van der Waals surface area contributed by atoms with E-state index in [4.69, 9.17) is 27.9 Å². The van der Waals surface area contributed by atoms with E-state index in [9.17, 15) is 4.39 Å². The first kappa shape index (κ1) is 19.2. The zero-order chi connectivity index (χ0) is 15.5. The molecule has 2 unspecified atom stereocenters. The molecule has 2 fully saturated rings. The molecule has 0 aromatic heterocycles. The van der Waals surface area contributed by atoms with E-state index in [1.807, 2.05) is 0 Å². The van der Waals surface area contributed by atoms with E-state index in [0.717, 1.165) is 32.7 Å². The Kier molecular flexibility index (Phi) is 7.39. The van der Waals surface area contributed by atoms with Gasteiger partial charge in [-0.1, -0.05) is 23.2 Å². The predicted octanol–water partition coefficient (Wildman–Crippen LogP) is 3.93. The van der Waals surface area contributed by atoms with Crippen LogP contribution in [0.4, 0.5) is 4.39 Å². The van der Waals surface area contributed by atoms with E-state index < -0.39 is 5.82 Å². The molecule has 2 aliphatic rings. The van der Waals surface area contributed by atoms with Crippen LogP contribution in [0.25, 0.3) is 0 Å². The minimum atomic E-state index is -0.446. The maximum atomic E-state index is 13.7. The van der Waals surface area contributed by atoms with E-state index in [1.54, 1.807) is 0 Å². The molecule has 2 saturated heterocycles. The van der Waals surface area contributed by atoms with Crippen molar-refractivity contribution >= 4 is 35.6 Å². The Labute approximate surface area is 152 Å². The molecule has 3 nitrogen and oxygen atoms in total. The summed E-state index contributed by atoms with van der Waals surface area (Å²) < 4.78 is 19.5. The molecule has 0 aliphatic carbocycles. The van der Waals surface area contributed by atoms with E-state index in [1.165, 1.54) is 25.0 Å². The van der Waals surface area contributed by atoms with Gasteiger partial charge in [0, 0.05) is 30.2 Å². The molecule has 0 radical (unpaired) electrons. The number of morpholine rings is 1. The monoisotopic (exact) mass is 382 g/mol. The van der Waals surface area contributed by atoms with Crippen molar-refractivity contribution < 1.29 is 9.13 Å². The highest BCUT2D eigenvalue weighted by Crippen LogP contribution is 2.32. The van der Waals surface area contributed by atoms with Crippen molar-refractivity contribution in [3.8, 4) is 0 Å². The fourth-order valence-corrected chi connectivity index (χ4v) is 3.79. The van der Waals surface area contributed by atoms with Crippen molar-refractivity contribution in [1.29, 1.82) is 0 Å². The summed E-state index contributed by atoms with van der Waals surface area (Å²) in [5, 5.41) is 3.97. The van der Waals surface area contributed by atoms with Gasteiger partial charge in [0.25, 0.3) is 0 Å². The van der Waals surface area contributed by atoms with Crippen LogP contribution in [0.5, 0.6) is 0 Å². The molecule has 1 N–H and O–H groups in total. The first-order chi connectivity index (χ1) is 10.6. The maximum absolute atomic E-state index is 13.7. The lowest BCUT2D eigenvalue weighted by molar-refractivity contribution is -0.0354. The second-order valence-electron chi connectivity index (χ2n) is 6.12. The summed E-state index contributed by atoms with van der Waals surface area (Å²) in [4.78, 5) is 2.40. The van der Waals surface area contributed by atoms with Crippen molar-refractivity contribution in [2.75, 3.05) is 39.3 Å². The normalized spacial score (nSPS) is 25.9. The summed E-state index contributed by atoms with van der Waals surface area (Å²) in [5.74, 6) is 0.239. The van der Waals surface area contributed by atoms with Crippen molar-refractivity contribution in [3.05, 3.63) is 33.6 Å². The van der Waals surface area contributed by atoms with Gasteiger partial charge in [-0.15, -0.1) is 12.4 Å². The van der Waals surface area contributed by atoms with Gasteiger partial charge in [-0.25, -0.2) is 4.39 Å². The molecule has 0 spiro atoms. The molecule has 1 aromatic rings. The van der Waals surface area contributed by atoms with Crippen LogP contribution in [0.15, 0.2) is 12.1 Å². The van der Waals surface area contributed by atoms with Gasteiger partial charge in [-0.05, 0) is 44.0 Å². The van der Waals surface area contributed by atoms with Crippen LogP contribution in [0.3, 0.4) is 0 Å². The molecule has 2 aliphatic heterocycles. The van der Waals surface area contributed by atoms with Crippen LogP contribution < -0.4 is 5.32 Å². The molecule has 7 heteroatoms. The van der Waals surface area contributed by atoms with E-state index in [2.05, 4.69) is 10.2 Å². The third kappa shape index (κ3) is 4.94. The van der Waals surface area contributed by atoms with Gasteiger partial charge in [-0.3, -0.25) is 4.90 Å². The third-order valence-electron chi connectivity index (χ3n) is 4.45. The number of nitrogens with one attached hydrogen (secondary N) is 1. The average Bonchev–Trinajstić information content (AvgIpc) is 2.52. The zero-order valence-corrected chi connectivity index (χ0v) is 15.2. The lowest BCUT2D eigenvalue weighted by Gasteiger charge is -2.36. The largest absolute Gasteiger partial charge is 0.371 e. The van der Waals surface area contributed by atoms with E-state index in [-0.39, 0.29) is 23.5 Å². The second-order valence-corrected chi connectivity index (χ2v) is 6.93. The predicted molar refractivity (Wildman–Crippen MR) is 94.4 cm³/mol. The molecule has 2 heterocycles. The molecule has 0 amide bonds. The van der Waals surface area contributed by atoms with Crippen molar-refractivity contribution in [2.24, 2.45) is 5.92 Å². The van der Waals surface area contributed by atoms with Gasteiger partial charge in [0.05, 0.1) is 17.7 Å². The van der Waals surface area contributed by atoms with Gasteiger partial charge in [0.2, 0.25) is 0 Å². The Balaban J connectivity index is 0.00000192. The van der Waals surface area contributed by atoms with Gasteiger partial charge in [0.15, 0.2) is 0 Å². The average molecular weight is 384 g/mol. The number of hydrogen-bond acceptors (Lipinski definition) is 3. The van der Waals surface area contributed by atoms with Crippen molar-refractivity contribution in [2.45, 2.75) is 18.9 Å². The topological polar surface area (TPSA) is 24.5 Å². The molecule has 3 rings (SSSR count). The number of benzene rings is 1. The third-order valence-corrected chi connectivity index (χ3v) is 5.07. The molecule has 0 bridgehead atoms. The summed E-state index contributed by atoms with van der Waals surface area (Å²) in [5.41, 5.74) is 0.690. The Morgan fingerprint density at radius 3 is 2.87 bits per heavy atom. The molecule has 2 atom stereocenters. The van der Waals surface area contributed by atoms with Gasteiger partial charge >= 0.3 is 0 Å². The molecular formula is C16H22Cl3FN2O. The molecule has 130 valence electrons. The quantitative estimate of drug-likeness (QED) is 0.801. The van der Waals surface area contributed by atoms with Crippen LogP contribution in [-0.4, -0.2) is 44.2 Å². The number of rotatable bonds is 3. The number of hydrogen-bond donors (Lipinski definition) is 1. The van der Waals surface area contributed by atoms with E-state index in [0.29, 0.717) is 23.1 Å². The standard InChI is InChI=1S/C16H21Cl2FN2O.ClH/c17-13-7-14(18)15(19)6-12(13)16-10-21(4-5-22-16)9-11-2-1-3-20-8-11;/h6-7,11,16,20H,1-5,8-10H2;1H. The van der Waals surface area contributed by atoms with Crippen LogP contribution in [0, 0.1) is 11.7 Å². The summed E-state index contributed by atoms with van der Waals surface area (Å²) in [6.07, 6.45) is 2.32. The van der Waals surface area contributed by atoms with Crippen LogP contribution in [0.1, 0.15) is 24.5 Å². The summed E-state index contributed by atoms with van der Waals surface area (Å²) >= 11 is 12.0. The van der Waals surface area contributed by atoms with Gasteiger partial charge < -0.3 is 10.1 Å². The number of ether oxygens (including phenoxy) is 1. The molecule has 23 heavy (non-hydrogen) atoms. The smallest absolute Gasteiger partial charge is 0.142 e. The van der Waals surface area contributed by atoms with Crippen LogP contribution in [-0.2, 0) is 4.74 Å². The van der Waals surface area contributed by atoms with Crippen LogP contribution in [0.2, 0.25) is 10.0 Å². The van der Waals surface area contributed by atoms with Gasteiger partial charge in [0.1, 0.15) is 5.82 Å². The maximum Gasteiger partial charge on any atom is 0.142 e. The van der Waals surface area contributed by atoms with Gasteiger partial charge in [-0.2, -0.15) is 0 Å². The van der Waals surface area contributed by atoms with Crippen molar-refractivity contribution in [3.63, 3.8) is 0 Å². The lowest BCUT2D eigenvalue weighted by Crippen LogP contribution is -2.44. The number of piperidine rings is 1. The Bertz CT molecular complexity index is 526. The summed E-state index contributed by atoms with van der Waals surface area (Å²) in [6.45, 7) is 5.57. The first-order valence-corrected chi connectivity index (χ1v) is 8.58. The number of halogens is 4. The summed E-state index contributed by atoms with van der Waals surface area (Å²) in [6, 6.07) is 2.86. The SMILES string of the molecule is Cl.Fc1cc(C2CN(CC3CCCNC3)CCO2)c(Cl)cc1Cl. The Hall–Kier alpha value is -0.100. The molecule has 1 aromatic carbocycles. The highest BCUT2D eigenvalue weighted by atomic mass is 35.5. The van der Waals surface area contributed by atoms with Crippen LogP contribution >= 0.6 is 35.6 Å². The number of nitrogens with zero attached hydrogens (tertiary/aromatic N) is 1. The molecular weight excluding hydrogens is 362 g/mol. The second kappa shape index (κ2) is 8.84. The minimum absolute atomic E-state index is 0. The fraction of sp³-hybridized carbons (Fsp3) is 0.625. The Morgan fingerprint density at radius 2 is 2.13 bits per heavy atom. The highest BCUT2D eigenvalue weighted by Gasteiger charge is 2.26. The molecule has 0 saturated carbocycles.